The molecule has 0 saturated heterocycles. The number of carbonyl (C=O) groups is 1. The molecule has 1 N–H and O–H groups in total. The van der Waals surface area contributed by atoms with Gasteiger partial charge in [-0.2, -0.15) is 0 Å². The van der Waals surface area contributed by atoms with Gasteiger partial charge in [0.2, 0.25) is 5.91 Å². The molecule has 1 aromatic heterocycles. The maximum atomic E-state index is 12.2. The summed E-state index contributed by atoms with van der Waals surface area (Å²) in [5, 5.41) is 4.13. The van der Waals surface area contributed by atoms with Crippen molar-refractivity contribution < 1.29 is 4.79 Å². The Morgan fingerprint density at radius 2 is 2.00 bits per heavy atom. The van der Waals surface area contributed by atoms with Crippen LogP contribution in [0.2, 0.25) is 0 Å². The summed E-state index contributed by atoms with van der Waals surface area (Å²) in [6.07, 6.45) is 0.991. The highest BCUT2D eigenvalue weighted by Crippen LogP contribution is 2.51. The van der Waals surface area contributed by atoms with Crippen LogP contribution in [0.25, 0.3) is 0 Å². The number of hydrogen-bond acceptors (Lipinski definition) is 3. The van der Waals surface area contributed by atoms with Crippen molar-refractivity contribution in [1.29, 1.82) is 0 Å². The van der Waals surface area contributed by atoms with Gasteiger partial charge in [0.15, 0.2) is 0 Å². The molecule has 0 radical (unpaired) electrons. The quantitative estimate of drug-likeness (QED) is 0.913. The summed E-state index contributed by atoms with van der Waals surface area (Å²) in [4.78, 5) is 17.9. The molecule has 0 unspecified atom stereocenters. The van der Waals surface area contributed by atoms with Gasteiger partial charge in [-0.15, -0.1) is 11.3 Å². The summed E-state index contributed by atoms with van der Waals surface area (Å²) >= 11 is 1.67. The van der Waals surface area contributed by atoms with Gasteiger partial charge in [-0.3, -0.25) is 4.79 Å². The lowest BCUT2D eigenvalue weighted by atomic mass is 10.0. The van der Waals surface area contributed by atoms with Crippen molar-refractivity contribution in [2.45, 2.75) is 53.5 Å². The molecule has 1 fully saturated rings. The van der Waals surface area contributed by atoms with Crippen LogP contribution in [-0.2, 0) is 10.3 Å². The van der Waals surface area contributed by atoms with E-state index in [9.17, 15) is 4.79 Å². The van der Waals surface area contributed by atoms with Gasteiger partial charge in [-0.1, -0.05) is 13.8 Å². The van der Waals surface area contributed by atoms with Crippen LogP contribution in [0.15, 0.2) is 0 Å². The van der Waals surface area contributed by atoms with Gasteiger partial charge < -0.3 is 5.32 Å². The molecular formula is C14H22N2OS. The molecule has 1 heterocycles. The van der Waals surface area contributed by atoms with Crippen molar-refractivity contribution in [2.24, 2.45) is 11.3 Å². The average molecular weight is 266 g/mol. The summed E-state index contributed by atoms with van der Waals surface area (Å²) in [5.41, 5.74) is 0.859. The second-order valence-corrected chi connectivity index (χ2v) is 7.72. The summed E-state index contributed by atoms with van der Waals surface area (Å²) in [6.45, 7) is 12.4. The second kappa shape index (κ2) is 4.05. The summed E-state index contributed by atoms with van der Waals surface area (Å²) < 4.78 is 0. The summed E-state index contributed by atoms with van der Waals surface area (Å²) in [7, 11) is 0. The van der Waals surface area contributed by atoms with E-state index in [-0.39, 0.29) is 22.8 Å². The number of nitrogens with zero attached hydrogens (tertiary/aromatic N) is 1. The van der Waals surface area contributed by atoms with Gasteiger partial charge >= 0.3 is 0 Å². The number of hydrogen-bond donors (Lipinski definition) is 1. The third kappa shape index (κ3) is 2.44. The number of aryl methyl sites for hydroxylation is 2. The van der Waals surface area contributed by atoms with Gasteiger partial charge in [0, 0.05) is 10.8 Å². The molecule has 1 saturated carbocycles. The van der Waals surface area contributed by atoms with Crippen molar-refractivity contribution >= 4 is 17.2 Å². The van der Waals surface area contributed by atoms with E-state index in [1.165, 1.54) is 4.88 Å². The SMILES string of the molecule is Cc1nc(C(C)(C)NC(=O)[C@H]2CC2(C)C)sc1C. The highest BCUT2D eigenvalue weighted by molar-refractivity contribution is 7.11. The van der Waals surface area contributed by atoms with Gasteiger partial charge in [-0.05, 0) is 39.5 Å². The molecule has 0 spiro atoms. The highest BCUT2D eigenvalue weighted by atomic mass is 32.1. The monoisotopic (exact) mass is 266 g/mol. The fourth-order valence-corrected chi connectivity index (χ4v) is 3.08. The van der Waals surface area contributed by atoms with E-state index in [0.29, 0.717) is 0 Å². The van der Waals surface area contributed by atoms with Crippen molar-refractivity contribution in [1.82, 2.24) is 10.3 Å². The van der Waals surface area contributed by atoms with Crippen LogP contribution in [0.1, 0.15) is 49.7 Å². The molecule has 4 heteroatoms. The fraction of sp³-hybridized carbons (Fsp3) is 0.714. The Balaban J connectivity index is 2.10. The Kier molecular flexibility index (Phi) is 3.05. The minimum atomic E-state index is -0.376. The normalized spacial score (nSPS) is 21.8. The first kappa shape index (κ1) is 13.5. The third-order valence-corrected chi connectivity index (χ3v) is 5.23. The molecule has 0 aromatic carbocycles. The van der Waals surface area contributed by atoms with Crippen LogP contribution in [0.4, 0.5) is 0 Å². The molecule has 3 nitrogen and oxygen atoms in total. The lowest BCUT2D eigenvalue weighted by Crippen LogP contribution is -2.42. The minimum Gasteiger partial charge on any atom is -0.344 e. The van der Waals surface area contributed by atoms with Gasteiger partial charge in [0.25, 0.3) is 0 Å². The Hall–Kier alpha value is -0.900. The zero-order chi connectivity index (χ0) is 13.7. The first-order valence-electron chi connectivity index (χ1n) is 6.40. The fourth-order valence-electron chi connectivity index (χ4n) is 2.10. The average Bonchev–Trinajstić information content (AvgIpc) is 2.72. The van der Waals surface area contributed by atoms with Crippen molar-refractivity contribution in [2.75, 3.05) is 0 Å². The Labute approximate surface area is 113 Å². The molecule has 18 heavy (non-hydrogen) atoms. The predicted octanol–water partition coefficient (Wildman–Crippen LogP) is 3.16. The molecule has 1 amide bonds. The van der Waals surface area contributed by atoms with E-state index in [0.717, 1.165) is 17.1 Å². The van der Waals surface area contributed by atoms with Crippen molar-refractivity contribution in [3.63, 3.8) is 0 Å². The number of carbonyl (C=O) groups excluding carboxylic acids is 1. The van der Waals surface area contributed by atoms with Gasteiger partial charge in [0.1, 0.15) is 5.01 Å². The number of rotatable bonds is 3. The minimum absolute atomic E-state index is 0.163. The van der Waals surface area contributed by atoms with E-state index in [4.69, 9.17) is 0 Å². The van der Waals surface area contributed by atoms with Crippen molar-refractivity contribution in [3.05, 3.63) is 15.6 Å². The standard InChI is InChI=1S/C14H22N2OS/c1-8-9(2)18-12(15-8)14(5,6)16-11(17)10-7-13(10,3)4/h10H,7H2,1-6H3,(H,16,17)/t10-/m1/s1. The number of nitrogens with one attached hydrogen (secondary N) is 1. The van der Waals surface area contributed by atoms with Crippen LogP contribution >= 0.6 is 11.3 Å². The maximum absolute atomic E-state index is 12.2. The van der Waals surface area contributed by atoms with E-state index >= 15 is 0 Å². The molecule has 2 rings (SSSR count). The topological polar surface area (TPSA) is 42.0 Å². The predicted molar refractivity (Wildman–Crippen MR) is 74.6 cm³/mol. The van der Waals surface area contributed by atoms with Crippen LogP contribution in [-0.4, -0.2) is 10.9 Å². The number of aromatic nitrogens is 1. The molecule has 0 bridgehead atoms. The zero-order valence-corrected chi connectivity index (χ0v) is 12.9. The van der Waals surface area contributed by atoms with Gasteiger partial charge in [-0.25, -0.2) is 4.98 Å². The second-order valence-electron chi connectivity index (χ2n) is 6.52. The third-order valence-electron chi connectivity index (χ3n) is 3.83. The van der Waals surface area contributed by atoms with Crippen LogP contribution < -0.4 is 5.32 Å². The molecule has 0 aliphatic heterocycles. The highest BCUT2D eigenvalue weighted by Gasteiger charge is 2.51. The zero-order valence-electron chi connectivity index (χ0n) is 12.0. The first-order valence-corrected chi connectivity index (χ1v) is 7.22. The molecule has 100 valence electrons. The molecule has 1 aliphatic rings. The summed E-state index contributed by atoms with van der Waals surface area (Å²) in [5.74, 6) is 0.328. The van der Waals surface area contributed by atoms with Crippen LogP contribution in [0.5, 0.6) is 0 Å². The molecule has 1 aromatic rings. The lowest BCUT2D eigenvalue weighted by molar-refractivity contribution is -0.124. The van der Waals surface area contributed by atoms with Crippen LogP contribution in [0, 0.1) is 25.2 Å². The largest absolute Gasteiger partial charge is 0.344 e. The van der Waals surface area contributed by atoms with Crippen LogP contribution in [0.3, 0.4) is 0 Å². The van der Waals surface area contributed by atoms with E-state index in [1.54, 1.807) is 11.3 Å². The van der Waals surface area contributed by atoms with E-state index in [1.807, 2.05) is 20.8 Å². The Morgan fingerprint density at radius 3 is 2.39 bits per heavy atom. The van der Waals surface area contributed by atoms with E-state index in [2.05, 4.69) is 31.1 Å². The van der Waals surface area contributed by atoms with E-state index < -0.39 is 0 Å². The Morgan fingerprint density at radius 1 is 1.44 bits per heavy atom. The number of thiazole rings is 1. The Bertz CT molecular complexity index is 468. The molecular weight excluding hydrogens is 244 g/mol. The molecule has 1 atom stereocenters. The number of amides is 1. The summed E-state index contributed by atoms with van der Waals surface area (Å²) in [6, 6.07) is 0. The van der Waals surface area contributed by atoms with Gasteiger partial charge in [0.05, 0.1) is 11.2 Å². The van der Waals surface area contributed by atoms with Crippen molar-refractivity contribution in [3.8, 4) is 0 Å². The molecule has 1 aliphatic carbocycles. The first-order chi connectivity index (χ1) is 8.13. The maximum Gasteiger partial charge on any atom is 0.224 e. The smallest absolute Gasteiger partial charge is 0.224 e. The lowest BCUT2D eigenvalue weighted by Gasteiger charge is -2.24.